The molecule has 1 aromatic heterocycles. The van der Waals surface area contributed by atoms with Crippen LogP contribution in [0.5, 0.6) is 0 Å². The summed E-state index contributed by atoms with van der Waals surface area (Å²) in [7, 11) is 0. The van der Waals surface area contributed by atoms with Crippen LogP contribution in [0.2, 0.25) is 0 Å². The minimum absolute atomic E-state index is 0.761. The molecule has 0 radical (unpaired) electrons. The van der Waals surface area contributed by atoms with Crippen LogP contribution in [-0.4, -0.2) is 16.2 Å². The van der Waals surface area contributed by atoms with Crippen molar-refractivity contribution in [2.45, 2.75) is 18.4 Å². The number of nitrogens with zero attached hydrogens (tertiary/aromatic N) is 2. The van der Waals surface area contributed by atoms with E-state index < -0.39 is 0 Å². The van der Waals surface area contributed by atoms with Crippen molar-refractivity contribution in [2.75, 3.05) is 11.6 Å². The summed E-state index contributed by atoms with van der Waals surface area (Å²) in [5.41, 5.74) is 3.54. The van der Waals surface area contributed by atoms with Gasteiger partial charge in [-0.15, -0.1) is 11.8 Å². The molecule has 3 rings (SSSR count). The largest absolute Gasteiger partial charge is 0.365 e. The lowest BCUT2D eigenvalue weighted by Crippen LogP contribution is -2.03. The van der Waals surface area contributed by atoms with Crippen LogP contribution in [0, 0.1) is 6.92 Å². The predicted octanol–water partition coefficient (Wildman–Crippen LogP) is 4.27. The zero-order chi connectivity index (χ0) is 14.7. The van der Waals surface area contributed by atoms with Crippen molar-refractivity contribution >= 4 is 28.5 Å². The van der Waals surface area contributed by atoms with Gasteiger partial charge in [0.1, 0.15) is 12.1 Å². The summed E-state index contributed by atoms with van der Waals surface area (Å²) in [6, 6.07) is 14.6. The van der Waals surface area contributed by atoms with E-state index in [9.17, 15) is 0 Å². The molecule has 3 nitrogen and oxygen atoms in total. The van der Waals surface area contributed by atoms with Gasteiger partial charge in [0.15, 0.2) is 0 Å². The zero-order valence-corrected chi connectivity index (χ0v) is 12.9. The van der Waals surface area contributed by atoms with Crippen LogP contribution in [0.1, 0.15) is 11.1 Å². The fourth-order valence-electron chi connectivity index (χ4n) is 2.32. The Kier molecular flexibility index (Phi) is 4.06. The summed E-state index contributed by atoms with van der Waals surface area (Å²) < 4.78 is 0. The number of hydrogen-bond acceptors (Lipinski definition) is 4. The molecule has 106 valence electrons. The molecule has 2 aromatic carbocycles. The van der Waals surface area contributed by atoms with E-state index in [1.165, 1.54) is 16.0 Å². The van der Waals surface area contributed by atoms with Crippen molar-refractivity contribution in [3.05, 3.63) is 59.9 Å². The van der Waals surface area contributed by atoms with Crippen LogP contribution in [-0.2, 0) is 6.54 Å². The fourth-order valence-corrected chi connectivity index (χ4v) is 3.03. The van der Waals surface area contributed by atoms with Crippen molar-refractivity contribution in [3.63, 3.8) is 0 Å². The summed E-state index contributed by atoms with van der Waals surface area (Å²) in [6.07, 6.45) is 3.72. The van der Waals surface area contributed by atoms with Gasteiger partial charge in [-0.2, -0.15) is 0 Å². The van der Waals surface area contributed by atoms with Crippen LogP contribution in [0.25, 0.3) is 10.9 Å². The highest BCUT2D eigenvalue weighted by Gasteiger charge is 2.05. The first-order valence-electron chi connectivity index (χ1n) is 6.85. The van der Waals surface area contributed by atoms with Crippen molar-refractivity contribution in [1.29, 1.82) is 0 Å². The number of aryl methyl sites for hydroxylation is 1. The lowest BCUT2D eigenvalue weighted by molar-refractivity contribution is 1.06. The van der Waals surface area contributed by atoms with Gasteiger partial charge in [-0.3, -0.25) is 0 Å². The summed E-state index contributed by atoms with van der Waals surface area (Å²) in [5, 5.41) is 4.49. The molecule has 0 saturated heterocycles. The Hall–Kier alpha value is -2.07. The first kappa shape index (κ1) is 13.9. The van der Waals surface area contributed by atoms with E-state index in [1.54, 1.807) is 18.1 Å². The molecule has 0 fully saturated rings. The van der Waals surface area contributed by atoms with Crippen LogP contribution >= 0.6 is 11.8 Å². The second-order valence-electron chi connectivity index (χ2n) is 4.91. The molecule has 0 saturated carbocycles. The van der Waals surface area contributed by atoms with Crippen LogP contribution in [0.15, 0.2) is 53.7 Å². The summed E-state index contributed by atoms with van der Waals surface area (Å²) in [4.78, 5) is 9.96. The molecular weight excluding hydrogens is 278 g/mol. The minimum atomic E-state index is 0.761. The monoisotopic (exact) mass is 295 g/mol. The molecule has 0 atom stereocenters. The SMILES string of the molecule is CSc1cc(C)ccc1CNc1ncnc2ccccc12. The van der Waals surface area contributed by atoms with Gasteiger partial charge < -0.3 is 5.32 Å². The topological polar surface area (TPSA) is 37.8 Å². The quantitative estimate of drug-likeness (QED) is 0.729. The molecule has 1 N–H and O–H groups in total. The molecular formula is C17H17N3S. The normalized spacial score (nSPS) is 10.8. The van der Waals surface area contributed by atoms with E-state index in [0.29, 0.717) is 0 Å². The second kappa shape index (κ2) is 6.14. The molecule has 0 aliphatic rings. The van der Waals surface area contributed by atoms with E-state index >= 15 is 0 Å². The van der Waals surface area contributed by atoms with E-state index in [4.69, 9.17) is 0 Å². The molecule has 0 amide bonds. The highest BCUT2D eigenvalue weighted by molar-refractivity contribution is 7.98. The van der Waals surface area contributed by atoms with E-state index in [0.717, 1.165) is 23.3 Å². The highest BCUT2D eigenvalue weighted by Crippen LogP contribution is 2.24. The molecule has 0 aliphatic carbocycles. The van der Waals surface area contributed by atoms with Crippen molar-refractivity contribution in [1.82, 2.24) is 9.97 Å². The Balaban J connectivity index is 1.87. The Morgan fingerprint density at radius 3 is 2.81 bits per heavy atom. The van der Waals surface area contributed by atoms with Crippen LogP contribution in [0.3, 0.4) is 0 Å². The standard InChI is InChI=1S/C17H17N3S/c1-12-7-8-13(16(9-12)21-2)10-18-17-14-5-3-4-6-15(14)19-11-20-17/h3-9,11H,10H2,1-2H3,(H,18,19,20). The van der Waals surface area contributed by atoms with Gasteiger partial charge >= 0.3 is 0 Å². The van der Waals surface area contributed by atoms with Gasteiger partial charge in [-0.05, 0) is 42.5 Å². The number of anilines is 1. The van der Waals surface area contributed by atoms with E-state index in [-0.39, 0.29) is 0 Å². The zero-order valence-electron chi connectivity index (χ0n) is 12.1. The third-order valence-corrected chi connectivity index (χ3v) is 4.25. The molecule has 0 unspecified atom stereocenters. The third kappa shape index (κ3) is 3.00. The lowest BCUT2D eigenvalue weighted by atomic mass is 10.1. The van der Waals surface area contributed by atoms with Crippen molar-refractivity contribution < 1.29 is 0 Å². The maximum atomic E-state index is 4.37. The van der Waals surface area contributed by atoms with Gasteiger partial charge in [0.05, 0.1) is 5.52 Å². The smallest absolute Gasteiger partial charge is 0.137 e. The molecule has 0 bridgehead atoms. The van der Waals surface area contributed by atoms with Crippen LogP contribution in [0.4, 0.5) is 5.82 Å². The van der Waals surface area contributed by atoms with Gasteiger partial charge in [0.2, 0.25) is 0 Å². The number of hydrogen-bond donors (Lipinski definition) is 1. The first-order chi connectivity index (χ1) is 10.3. The van der Waals surface area contributed by atoms with Crippen LogP contribution < -0.4 is 5.32 Å². The maximum absolute atomic E-state index is 4.37. The molecule has 3 aromatic rings. The summed E-state index contributed by atoms with van der Waals surface area (Å²) in [6.45, 7) is 2.88. The Morgan fingerprint density at radius 2 is 1.95 bits per heavy atom. The number of fused-ring (bicyclic) bond motifs is 1. The van der Waals surface area contributed by atoms with Gasteiger partial charge in [-0.1, -0.05) is 24.3 Å². The molecule has 21 heavy (non-hydrogen) atoms. The summed E-state index contributed by atoms with van der Waals surface area (Å²) >= 11 is 1.78. The average Bonchev–Trinajstić information content (AvgIpc) is 2.53. The maximum Gasteiger partial charge on any atom is 0.137 e. The molecule has 4 heteroatoms. The average molecular weight is 295 g/mol. The number of rotatable bonds is 4. The molecule has 0 aliphatic heterocycles. The fraction of sp³-hybridized carbons (Fsp3) is 0.176. The Labute approximate surface area is 128 Å². The minimum Gasteiger partial charge on any atom is -0.365 e. The van der Waals surface area contributed by atoms with Crippen molar-refractivity contribution in [3.8, 4) is 0 Å². The molecule has 1 heterocycles. The number of nitrogens with one attached hydrogen (secondary N) is 1. The predicted molar refractivity (Wildman–Crippen MR) is 89.8 cm³/mol. The Bertz CT molecular complexity index is 766. The number of benzene rings is 2. The van der Waals surface area contributed by atoms with Gasteiger partial charge in [-0.25, -0.2) is 9.97 Å². The number of para-hydroxylation sites is 1. The first-order valence-corrected chi connectivity index (χ1v) is 8.07. The third-order valence-electron chi connectivity index (χ3n) is 3.43. The van der Waals surface area contributed by atoms with Gasteiger partial charge in [0.25, 0.3) is 0 Å². The molecule has 0 spiro atoms. The second-order valence-corrected chi connectivity index (χ2v) is 5.76. The van der Waals surface area contributed by atoms with E-state index in [1.807, 2.05) is 24.3 Å². The van der Waals surface area contributed by atoms with Gasteiger partial charge in [0, 0.05) is 16.8 Å². The van der Waals surface area contributed by atoms with E-state index in [2.05, 4.69) is 46.7 Å². The highest BCUT2D eigenvalue weighted by atomic mass is 32.2. The lowest BCUT2D eigenvalue weighted by Gasteiger charge is -2.11. The summed E-state index contributed by atoms with van der Waals surface area (Å²) in [5.74, 6) is 0.883. The van der Waals surface area contributed by atoms with Crippen molar-refractivity contribution in [2.24, 2.45) is 0 Å². The number of thioether (sulfide) groups is 1. The Morgan fingerprint density at radius 1 is 1.10 bits per heavy atom. The number of aromatic nitrogens is 2.